The van der Waals surface area contributed by atoms with Gasteiger partial charge in [0.05, 0.1) is 24.7 Å². The molecule has 0 aliphatic heterocycles. The second kappa shape index (κ2) is 6.41. The lowest BCUT2D eigenvalue weighted by Gasteiger charge is -2.28. The summed E-state index contributed by atoms with van der Waals surface area (Å²) in [5.41, 5.74) is -2.67. The van der Waals surface area contributed by atoms with Gasteiger partial charge in [0, 0.05) is 12.1 Å². The Balaban J connectivity index is 3.31. The summed E-state index contributed by atoms with van der Waals surface area (Å²) in [7, 11) is -4.65. The summed E-state index contributed by atoms with van der Waals surface area (Å²) in [6.07, 6.45) is 0. The molecule has 0 amide bonds. The van der Waals surface area contributed by atoms with Crippen LogP contribution in [-0.4, -0.2) is 54.0 Å². The van der Waals surface area contributed by atoms with E-state index in [1.165, 1.54) is 0 Å². The molecule has 21 heavy (non-hydrogen) atoms. The molecule has 11 heteroatoms. The van der Waals surface area contributed by atoms with Gasteiger partial charge in [-0.3, -0.25) is 10.1 Å². The fourth-order valence-electron chi connectivity index (χ4n) is 1.40. The van der Waals surface area contributed by atoms with Gasteiger partial charge in [0.2, 0.25) is 10.0 Å². The highest BCUT2D eigenvalue weighted by molar-refractivity contribution is 7.89. The zero-order chi connectivity index (χ0) is 16.3. The predicted octanol–water partition coefficient (Wildman–Crippen LogP) is -1.27. The molecule has 0 unspecified atom stereocenters. The molecular weight excluding hydrogens is 311 g/mol. The molecule has 0 aliphatic rings. The van der Waals surface area contributed by atoms with Crippen molar-refractivity contribution in [3.05, 3.63) is 34.1 Å². The van der Waals surface area contributed by atoms with Gasteiger partial charge in [0.25, 0.3) is 5.69 Å². The summed E-state index contributed by atoms with van der Waals surface area (Å²) in [6, 6.07) is 1.88. The maximum Gasteiger partial charge on any atom is 0.270 e. The van der Waals surface area contributed by atoms with Gasteiger partial charge in [-0.1, -0.05) is 0 Å². The van der Waals surface area contributed by atoms with Crippen LogP contribution in [0.1, 0.15) is 0 Å². The number of benzene rings is 1. The molecule has 0 fully saturated rings. The van der Waals surface area contributed by atoms with Crippen LogP contribution in [0.25, 0.3) is 0 Å². The molecule has 1 aromatic carbocycles. The van der Waals surface area contributed by atoms with E-state index in [1.54, 1.807) is 4.72 Å². The number of nitro benzene ring substituents is 1. The number of nitrogens with zero attached hydrogens (tertiary/aromatic N) is 1. The molecule has 0 spiro atoms. The highest BCUT2D eigenvalue weighted by Gasteiger charge is 2.35. The fraction of sp³-hybridized carbons (Fsp3) is 0.400. The van der Waals surface area contributed by atoms with Crippen molar-refractivity contribution < 1.29 is 33.1 Å². The molecular formula is C10H13FN2O7S. The fourth-order valence-corrected chi connectivity index (χ4v) is 2.87. The van der Waals surface area contributed by atoms with Crippen LogP contribution in [0.15, 0.2) is 23.1 Å². The highest BCUT2D eigenvalue weighted by Crippen LogP contribution is 2.22. The Morgan fingerprint density at radius 1 is 1.24 bits per heavy atom. The number of sulfonamides is 1. The summed E-state index contributed by atoms with van der Waals surface area (Å²) in [5.74, 6) is -1.25. The first kappa shape index (κ1) is 17.4. The average molecular weight is 324 g/mol. The summed E-state index contributed by atoms with van der Waals surface area (Å²) in [6.45, 7) is -2.89. The molecule has 118 valence electrons. The maximum absolute atomic E-state index is 13.6. The lowest BCUT2D eigenvalue weighted by molar-refractivity contribution is -0.385. The molecule has 0 bridgehead atoms. The zero-order valence-electron chi connectivity index (χ0n) is 10.6. The number of aliphatic hydroxyl groups is 3. The topological polar surface area (TPSA) is 150 Å². The number of nitrogens with one attached hydrogen (secondary N) is 1. The largest absolute Gasteiger partial charge is 0.394 e. The molecule has 4 N–H and O–H groups in total. The molecule has 9 nitrogen and oxygen atoms in total. The summed E-state index contributed by atoms with van der Waals surface area (Å²) in [4.78, 5) is 8.66. The Bertz CT molecular complexity index is 622. The Morgan fingerprint density at radius 3 is 2.19 bits per heavy atom. The van der Waals surface area contributed by atoms with Crippen molar-refractivity contribution >= 4 is 15.7 Å². The number of hydrogen-bond acceptors (Lipinski definition) is 7. The van der Waals surface area contributed by atoms with E-state index in [9.17, 15) is 22.9 Å². The minimum atomic E-state index is -4.65. The molecule has 0 saturated carbocycles. The van der Waals surface area contributed by atoms with Crippen LogP contribution < -0.4 is 4.72 Å². The molecule has 0 atom stereocenters. The normalized spacial score (nSPS) is 12.4. The van der Waals surface area contributed by atoms with Crippen LogP contribution in [0.3, 0.4) is 0 Å². The van der Waals surface area contributed by atoms with Crippen molar-refractivity contribution in [3.8, 4) is 0 Å². The van der Waals surface area contributed by atoms with Crippen molar-refractivity contribution in [2.75, 3.05) is 19.8 Å². The Kier molecular flexibility index (Phi) is 5.31. The third-order valence-corrected chi connectivity index (χ3v) is 4.27. The third kappa shape index (κ3) is 3.71. The molecule has 1 aromatic rings. The summed E-state index contributed by atoms with van der Waals surface area (Å²) >= 11 is 0. The van der Waals surface area contributed by atoms with E-state index in [0.29, 0.717) is 12.1 Å². The molecule has 0 heterocycles. The van der Waals surface area contributed by atoms with Gasteiger partial charge in [-0.05, 0) is 6.07 Å². The summed E-state index contributed by atoms with van der Waals surface area (Å²) < 4.78 is 39.4. The van der Waals surface area contributed by atoms with Crippen molar-refractivity contribution in [1.29, 1.82) is 0 Å². The Labute approximate surface area is 118 Å². The monoisotopic (exact) mass is 324 g/mol. The number of aliphatic hydroxyl groups excluding tert-OH is 3. The molecule has 0 saturated heterocycles. The van der Waals surface area contributed by atoms with Crippen LogP contribution in [0.4, 0.5) is 10.1 Å². The standard InChI is InChI=1S/C10H13FN2O7S/c11-8-2-1-7(13(17)18)3-9(8)21(19,20)12-10(4-14,5-15)6-16/h1-3,12,14-16H,4-6H2. The van der Waals surface area contributed by atoms with Crippen LogP contribution in [0.2, 0.25) is 0 Å². The maximum atomic E-state index is 13.6. The number of halogens is 1. The quantitative estimate of drug-likeness (QED) is 0.360. The lowest BCUT2D eigenvalue weighted by Crippen LogP contribution is -2.56. The van der Waals surface area contributed by atoms with E-state index in [4.69, 9.17) is 15.3 Å². The van der Waals surface area contributed by atoms with E-state index < -0.39 is 56.7 Å². The third-order valence-electron chi connectivity index (χ3n) is 2.67. The van der Waals surface area contributed by atoms with E-state index in [0.717, 1.165) is 6.07 Å². The second-order valence-electron chi connectivity index (χ2n) is 4.23. The molecule has 1 rings (SSSR count). The molecule has 0 aliphatic carbocycles. The van der Waals surface area contributed by atoms with E-state index in [-0.39, 0.29) is 0 Å². The minimum absolute atomic E-state index is 0.495. The van der Waals surface area contributed by atoms with Crippen LogP contribution in [-0.2, 0) is 10.0 Å². The van der Waals surface area contributed by atoms with Gasteiger partial charge in [-0.2, -0.15) is 4.72 Å². The first-order valence-electron chi connectivity index (χ1n) is 5.52. The van der Waals surface area contributed by atoms with Gasteiger partial charge >= 0.3 is 0 Å². The smallest absolute Gasteiger partial charge is 0.270 e. The zero-order valence-corrected chi connectivity index (χ0v) is 11.4. The number of nitro groups is 1. The number of hydrogen-bond donors (Lipinski definition) is 4. The second-order valence-corrected chi connectivity index (χ2v) is 5.88. The average Bonchev–Trinajstić information content (AvgIpc) is 2.45. The van der Waals surface area contributed by atoms with Crippen LogP contribution >= 0.6 is 0 Å². The van der Waals surface area contributed by atoms with Gasteiger partial charge in [0.15, 0.2) is 0 Å². The van der Waals surface area contributed by atoms with Gasteiger partial charge in [-0.25, -0.2) is 12.8 Å². The highest BCUT2D eigenvalue weighted by atomic mass is 32.2. The minimum Gasteiger partial charge on any atom is -0.394 e. The van der Waals surface area contributed by atoms with Gasteiger partial charge in [-0.15, -0.1) is 0 Å². The van der Waals surface area contributed by atoms with E-state index in [2.05, 4.69) is 0 Å². The number of non-ortho nitro benzene ring substituents is 1. The first-order chi connectivity index (χ1) is 9.71. The van der Waals surface area contributed by atoms with E-state index in [1.807, 2.05) is 0 Å². The Morgan fingerprint density at radius 2 is 1.76 bits per heavy atom. The van der Waals surface area contributed by atoms with Crippen molar-refractivity contribution in [1.82, 2.24) is 4.72 Å². The van der Waals surface area contributed by atoms with Crippen LogP contribution in [0.5, 0.6) is 0 Å². The first-order valence-corrected chi connectivity index (χ1v) is 7.00. The predicted molar refractivity (Wildman–Crippen MR) is 67.4 cm³/mol. The van der Waals surface area contributed by atoms with Gasteiger partial charge in [0.1, 0.15) is 16.3 Å². The Hall–Kier alpha value is -1.66. The van der Waals surface area contributed by atoms with Crippen LogP contribution in [0, 0.1) is 15.9 Å². The summed E-state index contributed by atoms with van der Waals surface area (Å²) in [5, 5.41) is 37.7. The van der Waals surface area contributed by atoms with E-state index >= 15 is 0 Å². The molecule has 0 radical (unpaired) electrons. The van der Waals surface area contributed by atoms with Crippen molar-refractivity contribution in [2.24, 2.45) is 0 Å². The molecule has 0 aromatic heterocycles. The number of rotatable bonds is 7. The lowest BCUT2D eigenvalue weighted by atomic mass is 10.1. The van der Waals surface area contributed by atoms with Crippen molar-refractivity contribution in [2.45, 2.75) is 10.4 Å². The van der Waals surface area contributed by atoms with Crippen molar-refractivity contribution in [3.63, 3.8) is 0 Å². The SMILES string of the molecule is O=[N+]([O-])c1ccc(F)c(S(=O)(=O)NC(CO)(CO)CO)c1. The van der Waals surface area contributed by atoms with Gasteiger partial charge < -0.3 is 15.3 Å².